The number of benzene rings is 1. The van der Waals surface area contributed by atoms with Crippen molar-refractivity contribution in [3.63, 3.8) is 0 Å². The summed E-state index contributed by atoms with van der Waals surface area (Å²) in [6.07, 6.45) is 1.20. The molecule has 2 aromatic rings. The van der Waals surface area contributed by atoms with Crippen LogP contribution in [0.4, 0.5) is 8.78 Å². The van der Waals surface area contributed by atoms with E-state index < -0.39 is 12.5 Å². The van der Waals surface area contributed by atoms with Gasteiger partial charge >= 0.3 is 6.55 Å². The molecule has 3 heterocycles. The van der Waals surface area contributed by atoms with E-state index in [9.17, 15) is 18.4 Å². The van der Waals surface area contributed by atoms with Crippen LogP contribution in [0, 0.1) is 0 Å². The van der Waals surface area contributed by atoms with Gasteiger partial charge in [-0.15, -0.1) is 0 Å². The lowest BCUT2D eigenvalue weighted by atomic mass is 10.2. The molecular formula is C19H20ClF2N5O2. The smallest absolute Gasteiger partial charge is 0.333 e. The Balaban J connectivity index is 1.47. The van der Waals surface area contributed by atoms with Crippen molar-refractivity contribution < 1.29 is 18.4 Å². The molecule has 0 spiro atoms. The molecule has 1 atom stereocenters. The van der Waals surface area contributed by atoms with Gasteiger partial charge < -0.3 is 10.6 Å². The normalized spacial score (nSPS) is 18.9. The van der Waals surface area contributed by atoms with E-state index in [0.29, 0.717) is 40.5 Å². The highest BCUT2D eigenvalue weighted by Crippen LogP contribution is 2.30. The number of carbonyl (C=O) groups is 2. The standard InChI is InChI=1S/C19H20ClF2N5O2/c20-12-3-1-11(2-4-12)7-23-18(29)17-14-9-26(8-13-5-6-16(28)24-13)10-15(14)27(25-17)19(21)22/h1-4,13,19H,5-10H2,(H,23,29)(H,24,28)/t13-/m0/s1. The van der Waals surface area contributed by atoms with Crippen molar-refractivity contribution in [1.82, 2.24) is 25.3 Å². The minimum Gasteiger partial charge on any atom is -0.352 e. The number of amides is 2. The average molecular weight is 424 g/mol. The first-order valence-electron chi connectivity index (χ1n) is 9.33. The number of halogens is 3. The summed E-state index contributed by atoms with van der Waals surface area (Å²) in [5.74, 6) is -0.487. The molecular weight excluding hydrogens is 404 g/mol. The maximum Gasteiger partial charge on any atom is 0.333 e. The molecule has 7 nitrogen and oxygen atoms in total. The number of alkyl halides is 2. The molecule has 0 saturated carbocycles. The van der Waals surface area contributed by atoms with Gasteiger partial charge in [-0.25, -0.2) is 4.68 Å². The monoisotopic (exact) mass is 423 g/mol. The van der Waals surface area contributed by atoms with Gasteiger partial charge in [0, 0.05) is 49.2 Å². The number of hydrogen-bond donors (Lipinski definition) is 2. The van der Waals surface area contributed by atoms with Gasteiger partial charge in [-0.1, -0.05) is 23.7 Å². The average Bonchev–Trinajstić information content (AvgIpc) is 3.36. The van der Waals surface area contributed by atoms with E-state index in [1.165, 1.54) is 0 Å². The predicted molar refractivity (Wildman–Crippen MR) is 101 cm³/mol. The fourth-order valence-corrected chi connectivity index (χ4v) is 3.92. The second-order valence-corrected chi connectivity index (χ2v) is 7.71. The van der Waals surface area contributed by atoms with Crippen LogP contribution in [0.25, 0.3) is 0 Å². The molecule has 1 saturated heterocycles. The van der Waals surface area contributed by atoms with Gasteiger partial charge in [0.05, 0.1) is 5.69 Å². The number of nitrogens with one attached hydrogen (secondary N) is 2. The van der Waals surface area contributed by atoms with Crippen LogP contribution in [0.5, 0.6) is 0 Å². The van der Waals surface area contributed by atoms with E-state index in [1.54, 1.807) is 24.3 Å². The van der Waals surface area contributed by atoms with Crippen molar-refractivity contribution in [3.8, 4) is 0 Å². The molecule has 2 N–H and O–H groups in total. The molecule has 2 amide bonds. The number of carbonyl (C=O) groups excluding carboxylic acids is 2. The van der Waals surface area contributed by atoms with Gasteiger partial charge in [0.25, 0.3) is 5.91 Å². The van der Waals surface area contributed by atoms with Crippen molar-refractivity contribution in [2.24, 2.45) is 0 Å². The van der Waals surface area contributed by atoms with Crippen LogP contribution in [-0.2, 0) is 24.4 Å². The SMILES string of the molecule is O=C1CC[C@@H](CN2Cc3c(C(=O)NCc4ccc(Cl)cc4)nn(C(F)F)c3C2)N1. The Bertz CT molecular complexity index is 931. The third-order valence-corrected chi connectivity index (χ3v) is 5.46. The Kier molecular flexibility index (Phi) is 5.51. The zero-order valence-corrected chi connectivity index (χ0v) is 16.3. The van der Waals surface area contributed by atoms with E-state index >= 15 is 0 Å². The Labute approximate surface area is 171 Å². The zero-order valence-electron chi connectivity index (χ0n) is 15.5. The minimum atomic E-state index is -2.83. The van der Waals surface area contributed by atoms with Gasteiger partial charge in [-0.3, -0.25) is 14.5 Å². The number of aromatic nitrogens is 2. The van der Waals surface area contributed by atoms with Crippen LogP contribution in [0.15, 0.2) is 24.3 Å². The highest BCUT2D eigenvalue weighted by atomic mass is 35.5. The summed E-state index contributed by atoms with van der Waals surface area (Å²) in [7, 11) is 0. The molecule has 1 aromatic carbocycles. The summed E-state index contributed by atoms with van der Waals surface area (Å²) >= 11 is 5.85. The summed E-state index contributed by atoms with van der Waals surface area (Å²) < 4.78 is 27.5. The van der Waals surface area contributed by atoms with Gasteiger partial charge in [-0.2, -0.15) is 13.9 Å². The van der Waals surface area contributed by atoms with E-state index in [0.717, 1.165) is 12.0 Å². The van der Waals surface area contributed by atoms with Crippen molar-refractivity contribution in [2.45, 2.75) is 45.1 Å². The molecule has 10 heteroatoms. The molecule has 1 aromatic heterocycles. The molecule has 4 rings (SSSR count). The summed E-state index contributed by atoms with van der Waals surface area (Å²) in [5.41, 5.74) is 1.72. The zero-order chi connectivity index (χ0) is 20.5. The lowest BCUT2D eigenvalue weighted by Crippen LogP contribution is -2.36. The molecule has 2 aliphatic heterocycles. The van der Waals surface area contributed by atoms with E-state index in [1.807, 2.05) is 4.90 Å². The third kappa shape index (κ3) is 4.25. The second-order valence-electron chi connectivity index (χ2n) is 7.28. The maximum atomic E-state index is 13.5. The summed E-state index contributed by atoms with van der Waals surface area (Å²) in [6.45, 7) is -1.42. The molecule has 1 fully saturated rings. The van der Waals surface area contributed by atoms with Crippen LogP contribution in [0.2, 0.25) is 5.02 Å². The molecule has 0 radical (unpaired) electrons. The second kappa shape index (κ2) is 8.08. The quantitative estimate of drug-likeness (QED) is 0.748. The van der Waals surface area contributed by atoms with Crippen LogP contribution < -0.4 is 10.6 Å². The third-order valence-electron chi connectivity index (χ3n) is 5.20. The molecule has 0 unspecified atom stereocenters. The van der Waals surface area contributed by atoms with Crippen LogP contribution >= 0.6 is 11.6 Å². The summed E-state index contributed by atoms with van der Waals surface area (Å²) in [5, 5.41) is 10.1. The minimum absolute atomic E-state index is 0.00152. The topological polar surface area (TPSA) is 79.3 Å². The van der Waals surface area contributed by atoms with Crippen molar-refractivity contribution in [2.75, 3.05) is 6.54 Å². The predicted octanol–water partition coefficient (Wildman–Crippen LogP) is 2.46. The first-order chi connectivity index (χ1) is 13.9. The van der Waals surface area contributed by atoms with Crippen LogP contribution in [0.1, 0.15) is 46.7 Å². The molecule has 2 aliphatic rings. The number of nitrogens with zero attached hydrogens (tertiary/aromatic N) is 3. The van der Waals surface area contributed by atoms with Gasteiger partial charge in [0.2, 0.25) is 5.91 Å². The highest BCUT2D eigenvalue weighted by molar-refractivity contribution is 6.30. The van der Waals surface area contributed by atoms with E-state index in [4.69, 9.17) is 11.6 Å². The Morgan fingerprint density at radius 1 is 1.31 bits per heavy atom. The van der Waals surface area contributed by atoms with Crippen LogP contribution in [-0.4, -0.2) is 39.1 Å². The fraction of sp³-hybridized carbons (Fsp3) is 0.421. The van der Waals surface area contributed by atoms with E-state index in [2.05, 4.69) is 15.7 Å². The Morgan fingerprint density at radius 2 is 2.07 bits per heavy atom. The molecule has 154 valence electrons. The Hall–Kier alpha value is -2.52. The van der Waals surface area contributed by atoms with Gasteiger partial charge in [-0.05, 0) is 24.1 Å². The Morgan fingerprint density at radius 3 is 2.72 bits per heavy atom. The van der Waals surface area contributed by atoms with Crippen molar-refractivity contribution in [3.05, 3.63) is 51.8 Å². The first-order valence-corrected chi connectivity index (χ1v) is 9.71. The van der Waals surface area contributed by atoms with Crippen molar-refractivity contribution >= 4 is 23.4 Å². The maximum absolute atomic E-state index is 13.5. The number of hydrogen-bond acceptors (Lipinski definition) is 4. The van der Waals surface area contributed by atoms with E-state index in [-0.39, 0.29) is 30.7 Å². The number of rotatable bonds is 6. The van der Waals surface area contributed by atoms with Crippen molar-refractivity contribution in [1.29, 1.82) is 0 Å². The van der Waals surface area contributed by atoms with Gasteiger partial charge in [0.1, 0.15) is 0 Å². The van der Waals surface area contributed by atoms with Crippen LogP contribution in [0.3, 0.4) is 0 Å². The largest absolute Gasteiger partial charge is 0.352 e. The lowest BCUT2D eigenvalue weighted by molar-refractivity contribution is -0.119. The first kappa shape index (κ1) is 19.8. The summed E-state index contributed by atoms with van der Waals surface area (Å²) in [4.78, 5) is 26.0. The summed E-state index contributed by atoms with van der Waals surface area (Å²) in [6, 6.07) is 6.99. The molecule has 0 aliphatic carbocycles. The lowest BCUT2D eigenvalue weighted by Gasteiger charge is -2.20. The molecule has 29 heavy (non-hydrogen) atoms. The van der Waals surface area contributed by atoms with Gasteiger partial charge in [0.15, 0.2) is 5.69 Å². The number of fused-ring (bicyclic) bond motifs is 1. The fourth-order valence-electron chi connectivity index (χ4n) is 3.80. The molecule has 0 bridgehead atoms. The highest BCUT2D eigenvalue weighted by Gasteiger charge is 2.34.